The minimum absolute atomic E-state index is 0.184. The number of primary amides is 1. The Labute approximate surface area is 157 Å². The molecule has 1 amide bonds. The van der Waals surface area contributed by atoms with Crippen LogP contribution in [-0.4, -0.2) is 25.2 Å². The van der Waals surface area contributed by atoms with E-state index in [9.17, 15) is 4.79 Å². The molecule has 1 aromatic carbocycles. The van der Waals surface area contributed by atoms with Crippen LogP contribution in [0.1, 0.15) is 34.6 Å². The highest BCUT2D eigenvalue weighted by Crippen LogP contribution is 2.30. The number of aryl methyl sites for hydroxylation is 1. The zero-order valence-electron chi connectivity index (χ0n) is 16.4. The number of nitrogens with two attached hydrogens (primary N) is 1. The Kier molecular flexibility index (Phi) is 6.67. The monoisotopic (exact) mass is 374 g/mol. The van der Waals surface area contributed by atoms with E-state index >= 15 is 0 Å². The van der Waals surface area contributed by atoms with Gasteiger partial charge in [-0.25, -0.2) is 0 Å². The third kappa shape index (κ3) is 5.47. The van der Waals surface area contributed by atoms with E-state index < -0.39 is 14.0 Å². The molecule has 6 heteroatoms. The summed E-state index contributed by atoms with van der Waals surface area (Å²) in [5, 5.41) is 0. The second-order valence-electron chi connectivity index (χ2n) is 7.84. The van der Waals surface area contributed by atoms with Crippen LogP contribution in [0.4, 0.5) is 0 Å². The van der Waals surface area contributed by atoms with E-state index in [1.54, 1.807) is 4.57 Å². The van der Waals surface area contributed by atoms with Gasteiger partial charge in [-0.3, -0.25) is 4.79 Å². The third-order valence-electron chi connectivity index (χ3n) is 4.23. The highest BCUT2D eigenvalue weighted by atomic mass is 28.3. The van der Waals surface area contributed by atoms with Crippen LogP contribution < -0.4 is 10.5 Å². The van der Waals surface area contributed by atoms with Gasteiger partial charge >= 0.3 is 0 Å². The molecule has 2 N–H and O–H groups in total. The van der Waals surface area contributed by atoms with Gasteiger partial charge < -0.3 is 19.8 Å². The first-order valence-electron chi connectivity index (χ1n) is 8.98. The van der Waals surface area contributed by atoms with Crippen molar-refractivity contribution in [2.75, 3.05) is 6.61 Å². The molecule has 1 unspecified atom stereocenters. The van der Waals surface area contributed by atoms with Crippen molar-refractivity contribution in [3.8, 4) is 5.75 Å². The highest BCUT2D eigenvalue weighted by Gasteiger charge is 2.22. The van der Waals surface area contributed by atoms with Crippen LogP contribution in [-0.2, 0) is 11.5 Å². The summed E-state index contributed by atoms with van der Waals surface area (Å²) in [7, 11) is -1.15. The number of ether oxygens (including phenoxy) is 2. The Hall–Kier alpha value is -2.05. The van der Waals surface area contributed by atoms with E-state index in [4.69, 9.17) is 15.2 Å². The van der Waals surface area contributed by atoms with Gasteiger partial charge in [0.15, 0.2) is 11.4 Å². The fraction of sp³-hybridized carbons (Fsp3) is 0.450. The average Bonchev–Trinajstić information content (AvgIpc) is 2.87. The molecule has 2 rings (SSSR count). The number of carbonyl (C=O) groups is 1. The molecule has 0 aliphatic heterocycles. The maximum absolute atomic E-state index is 12.0. The van der Waals surface area contributed by atoms with Crippen molar-refractivity contribution in [2.45, 2.75) is 52.4 Å². The second kappa shape index (κ2) is 8.55. The molecule has 1 heterocycles. The van der Waals surface area contributed by atoms with Crippen molar-refractivity contribution in [1.29, 1.82) is 0 Å². The lowest BCUT2D eigenvalue weighted by Crippen LogP contribution is -2.23. The summed E-state index contributed by atoms with van der Waals surface area (Å²) in [5.41, 5.74) is 7.90. The summed E-state index contributed by atoms with van der Waals surface area (Å²) in [6, 6.07) is 11.0. The normalized spacial score (nSPS) is 12.8. The molecule has 0 spiro atoms. The number of hydrogen-bond acceptors (Lipinski definition) is 3. The zero-order valence-corrected chi connectivity index (χ0v) is 17.4. The van der Waals surface area contributed by atoms with E-state index in [0.29, 0.717) is 24.8 Å². The van der Waals surface area contributed by atoms with Crippen molar-refractivity contribution in [2.24, 2.45) is 5.73 Å². The molecule has 5 nitrogen and oxygen atoms in total. The Morgan fingerprint density at radius 3 is 2.46 bits per heavy atom. The Balaban J connectivity index is 2.14. The summed E-state index contributed by atoms with van der Waals surface area (Å²) < 4.78 is 13.6. The molecule has 2 aromatic rings. The molecule has 0 bridgehead atoms. The predicted molar refractivity (Wildman–Crippen MR) is 107 cm³/mol. The number of nitrogens with zero attached hydrogens (tertiary/aromatic N) is 1. The Morgan fingerprint density at radius 1 is 1.23 bits per heavy atom. The summed E-state index contributed by atoms with van der Waals surface area (Å²) in [5.74, 6) is 0.0183. The van der Waals surface area contributed by atoms with Gasteiger partial charge in [0.25, 0.3) is 5.91 Å². The quantitative estimate of drug-likeness (QED) is 0.524. The van der Waals surface area contributed by atoms with Crippen LogP contribution >= 0.6 is 0 Å². The number of benzene rings is 1. The molecule has 0 saturated heterocycles. The van der Waals surface area contributed by atoms with Crippen LogP contribution in [0, 0.1) is 6.92 Å². The predicted octanol–water partition coefficient (Wildman–Crippen LogP) is 4.35. The molecular weight excluding hydrogens is 344 g/mol. The third-order valence-corrected chi connectivity index (χ3v) is 5.94. The number of rotatable bonds is 9. The van der Waals surface area contributed by atoms with Gasteiger partial charge in [-0.2, -0.15) is 0 Å². The standard InChI is InChI=1S/C20H30N2O3Si/c1-15-13-22(14-24-11-12-26(3,4)5)18(20(21)23)19(15)25-16(2)17-9-7-6-8-10-17/h6-10,13,16H,11-12,14H2,1-5H3,(H2,21,23). The van der Waals surface area contributed by atoms with E-state index in [0.717, 1.165) is 17.2 Å². The number of hydrogen-bond donors (Lipinski definition) is 1. The molecule has 0 saturated carbocycles. The number of carbonyl (C=O) groups excluding carboxylic acids is 1. The van der Waals surface area contributed by atoms with Gasteiger partial charge in [0, 0.05) is 26.4 Å². The smallest absolute Gasteiger partial charge is 0.269 e. The summed E-state index contributed by atoms with van der Waals surface area (Å²) in [4.78, 5) is 12.0. The SMILES string of the molecule is Cc1cn(COCC[Si](C)(C)C)c(C(N)=O)c1OC(C)c1ccccc1. The fourth-order valence-corrected chi connectivity index (χ4v) is 3.44. The van der Waals surface area contributed by atoms with Crippen LogP contribution in [0.25, 0.3) is 0 Å². The van der Waals surface area contributed by atoms with Gasteiger partial charge in [-0.1, -0.05) is 50.0 Å². The Morgan fingerprint density at radius 2 is 1.88 bits per heavy atom. The molecule has 0 aliphatic rings. The van der Waals surface area contributed by atoms with E-state index in [2.05, 4.69) is 19.6 Å². The van der Waals surface area contributed by atoms with Gasteiger partial charge in [0.05, 0.1) is 0 Å². The van der Waals surface area contributed by atoms with E-state index in [-0.39, 0.29) is 6.10 Å². The first-order chi connectivity index (χ1) is 12.2. The van der Waals surface area contributed by atoms with Crippen molar-refractivity contribution < 1.29 is 14.3 Å². The topological polar surface area (TPSA) is 66.5 Å². The minimum Gasteiger partial charge on any atom is -0.483 e. The molecular formula is C20H30N2O3Si. The molecule has 0 radical (unpaired) electrons. The van der Waals surface area contributed by atoms with E-state index in [1.807, 2.05) is 50.4 Å². The molecule has 0 aliphatic carbocycles. The maximum Gasteiger partial charge on any atom is 0.269 e. The van der Waals surface area contributed by atoms with Crippen LogP contribution in [0.2, 0.25) is 25.7 Å². The lowest BCUT2D eigenvalue weighted by atomic mass is 10.1. The number of aromatic nitrogens is 1. The van der Waals surface area contributed by atoms with Crippen molar-refractivity contribution in [1.82, 2.24) is 4.57 Å². The summed E-state index contributed by atoms with van der Waals surface area (Å²) in [6.45, 7) is 11.8. The van der Waals surface area contributed by atoms with Crippen molar-refractivity contribution >= 4 is 14.0 Å². The van der Waals surface area contributed by atoms with Gasteiger partial charge in [0.1, 0.15) is 12.8 Å². The molecule has 26 heavy (non-hydrogen) atoms. The van der Waals surface area contributed by atoms with Crippen LogP contribution in [0.3, 0.4) is 0 Å². The molecule has 0 fully saturated rings. The van der Waals surface area contributed by atoms with Crippen molar-refractivity contribution in [3.05, 3.63) is 53.3 Å². The maximum atomic E-state index is 12.0. The molecule has 1 atom stereocenters. The number of amides is 1. The first kappa shape index (κ1) is 20.3. The summed E-state index contributed by atoms with van der Waals surface area (Å²) in [6.07, 6.45) is 1.68. The van der Waals surface area contributed by atoms with E-state index in [1.165, 1.54) is 0 Å². The first-order valence-corrected chi connectivity index (χ1v) is 12.7. The highest BCUT2D eigenvalue weighted by molar-refractivity contribution is 6.76. The fourth-order valence-electron chi connectivity index (χ4n) is 2.69. The Bertz CT molecular complexity index is 736. The average molecular weight is 375 g/mol. The zero-order chi connectivity index (χ0) is 19.3. The van der Waals surface area contributed by atoms with Gasteiger partial charge in [0.2, 0.25) is 0 Å². The second-order valence-corrected chi connectivity index (χ2v) is 13.5. The summed E-state index contributed by atoms with van der Waals surface area (Å²) >= 11 is 0. The molecule has 1 aromatic heterocycles. The van der Waals surface area contributed by atoms with Gasteiger partial charge in [-0.15, -0.1) is 0 Å². The van der Waals surface area contributed by atoms with Crippen LogP contribution in [0.15, 0.2) is 36.5 Å². The van der Waals surface area contributed by atoms with Crippen molar-refractivity contribution in [3.63, 3.8) is 0 Å². The molecule has 142 valence electrons. The lowest BCUT2D eigenvalue weighted by molar-refractivity contribution is 0.0799. The minimum atomic E-state index is -1.15. The lowest BCUT2D eigenvalue weighted by Gasteiger charge is -2.17. The van der Waals surface area contributed by atoms with Crippen LogP contribution in [0.5, 0.6) is 5.75 Å². The largest absolute Gasteiger partial charge is 0.483 e. The van der Waals surface area contributed by atoms with Gasteiger partial charge in [-0.05, 0) is 25.5 Å².